The van der Waals surface area contributed by atoms with E-state index in [4.69, 9.17) is 0 Å². The van der Waals surface area contributed by atoms with Gasteiger partial charge in [-0.15, -0.1) is 0 Å². The molecule has 2 aromatic rings. The van der Waals surface area contributed by atoms with Gasteiger partial charge in [0.2, 0.25) is 0 Å². The molecule has 0 N–H and O–H groups in total. The Kier molecular flexibility index (Phi) is 7.13. The molecule has 0 aromatic heterocycles. The Labute approximate surface area is 152 Å². The highest BCUT2D eigenvalue weighted by Gasteiger charge is 2.20. The van der Waals surface area contributed by atoms with Crippen LogP contribution in [0.4, 0.5) is 17.3 Å². The van der Waals surface area contributed by atoms with Crippen LogP contribution < -0.4 is 0 Å². The fraction of sp³-hybridized carbons (Fsp3) is 0.190. The van der Waals surface area contributed by atoms with Crippen LogP contribution in [-0.4, -0.2) is 7.25 Å². The van der Waals surface area contributed by atoms with E-state index in [1.807, 2.05) is 0 Å². The zero-order valence-electron chi connectivity index (χ0n) is 14.6. The van der Waals surface area contributed by atoms with Crippen molar-refractivity contribution in [3.8, 4) is 0 Å². The second-order valence-electron chi connectivity index (χ2n) is 6.13. The van der Waals surface area contributed by atoms with Crippen LogP contribution in [0.3, 0.4) is 0 Å². The summed E-state index contributed by atoms with van der Waals surface area (Å²) in [6, 6.07) is 21.3. The summed E-state index contributed by atoms with van der Waals surface area (Å²) in [6.45, 7) is 2.27. The maximum atomic E-state index is 9.75. The number of allylic oxidation sites excluding steroid dienone is 3. The molecule has 0 saturated heterocycles. The van der Waals surface area contributed by atoms with Crippen LogP contribution in [0.5, 0.6) is 0 Å². The maximum Gasteiger partial charge on any atom is 0.673 e. The van der Waals surface area contributed by atoms with Gasteiger partial charge in [-0.1, -0.05) is 30.3 Å². The smallest absolute Gasteiger partial charge is 0.418 e. The summed E-state index contributed by atoms with van der Waals surface area (Å²) in [6.07, 6.45) is 8.30. The normalized spacial score (nSPS) is 16.1. The molecule has 0 saturated carbocycles. The van der Waals surface area contributed by atoms with Gasteiger partial charge in [-0.2, -0.15) is 0 Å². The molecule has 0 bridgehead atoms. The molecule has 5 heteroatoms. The summed E-state index contributed by atoms with van der Waals surface area (Å²) in [5, 5.41) is 0. The van der Waals surface area contributed by atoms with Crippen LogP contribution in [0.25, 0.3) is 6.08 Å². The third-order valence-electron chi connectivity index (χ3n) is 4.14. The lowest BCUT2D eigenvalue weighted by Crippen LogP contribution is -2.02. The Morgan fingerprint density at radius 2 is 1.38 bits per heavy atom. The van der Waals surface area contributed by atoms with Gasteiger partial charge in [0.05, 0.1) is 5.56 Å². The highest BCUT2D eigenvalue weighted by Crippen LogP contribution is 2.33. The minimum Gasteiger partial charge on any atom is -0.418 e. The summed E-state index contributed by atoms with van der Waals surface area (Å²) in [7, 11) is -6.00. The largest absolute Gasteiger partial charge is 0.673 e. The van der Waals surface area contributed by atoms with Gasteiger partial charge in [-0.25, -0.2) is 0 Å². The van der Waals surface area contributed by atoms with Gasteiger partial charge < -0.3 is 17.3 Å². The lowest BCUT2D eigenvalue weighted by atomic mass is 9.84. The highest BCUT2D eigenvalue weighted by molar-refractivity contribution is 6.50. The first kappa shape index (κ1) is 19.9. The van der Waals surface area contributed by atoms with E-state index in [1.54, 1.807) is 0 Å². The molecule has 0 aliphatic heterocycles. The van der Waals surface area contributed by atoms with Gasteiger partial charge in [0, 0.05) is 29.7 Å². The van der Waals surface area contributed by atoms with Crippen LogP contribution in [0.1, 0.15) is 37.3 Å². The standard InChI is InChI=1S/C21H21.BF4/c1-17-20(15-18-9-4-2-5-10-18)13-8-14-21(17)16-19-11-6-3-7-12-19;2-1(3,4)5/h2-7,9-12,15-16H,8,13-14H2,1H3;/q+1;-1/b20-15+;. The van der Waals surface area contributed by atoms with Crippen LogP contribution in [0.2, 0.25) is 0 Å². The molecule has 136 valence electrons. The average molecular weight is 360 g/mol. The van der Waals surface area contributed by atoms with Crippen molar-refractivity contribution >= 4 is 13.3 Å². The van der Waals surface area contributed by atoms with Gasteiger partial charge >= 0.3 is 7.25 Å². The maximum absolute atomic E-state index is 9.75. The number of hydrogen-bond donors (Lipinski definition) is 0. The van der Waals surface area contributed by atoms with Gasteiger partial charge in [-0.3, -0.25) is 0 Å². The molecule has 0 atom stereocenters. The van der Waals surface area contributed by atoms with E-state index in [0.29, 0.717) is 0 Å². The van der Waals surface area contributed by atoms with Crippen molar-refractivity contribution in [3.63, 3.8) is 0 Å². The third-order valence-corrected chi connectivity index (χ3v) is 4.14. The van der Waals surface area contributed by atoms with Crippen LogP contribution in [0.15, 0.2) is 77.4 Å². The molecular formula is C21H21BF4. The first-order chi connectivity index (χ1) is 12.3. The quantitative estimate of drug-likeness (QED) is 0.310. The van der Waals surface area contributed by atoms with E-state index in [-0.39, 0.29) is 0 Å². The molecule has 26 heavy (non-hydrogen) atoms. The van der Waals surface area contributed by atoms with Crippen LogP contribution >= 0.6 is 0 Å². The number of benzene rings is 2. The predicted octanol–water partition coefficient (Wildman–Crippen LogP) is 7.12. The fourth-order valence-electron chi connectivity index (χ4n) is 2.91. The van der Waals surface area contributed by atoms with Gasteiger partial charge in [0.25, 0.3) is 0 Å². The lowest BCUT2D eigenvalue weighted by molar-refractivity contribution is 0.368. The molecule has 0 radical (unpaired) electrons. The Balaban J connectivity index is 0.000000431. The van der Waals surface area contributed by atoms with Crippen molar-refractivity contribution in [2.45, 2.75) is 26.2 Å². The van der Waals surface area contributed by atoms with E-state index < -0.39 is 7.25 Å². The van der Waals surface area contributed by atoms with E-state index >= 15 is 0 Å². The van der Waals surface area contributed by atoms with Crippen molar-refractivity contribution in [1.82, 2.24) is 0 Å². The molecule has 0 unspecified atom stereocenters. The summed E-state index contributed by atoms with van der Waals surface area (Å²) in [4.78, 5) is 0. The Hall–Kier alpha value is -2.43. The predicted molar refractivity (Wildman–Crippen MR) is 101 cm³/mol. The van der Waals surface area contributed by atoms with E-state index in [2.05, 4.69) is 80.1 Å². The molecule has 2 aromatic carbocycles. The minimum absolute atomic E-state index is 1.19. The molecule has 1 aliphatic carbocycles. The molecule has 0 spiro atoms. The molecule has 0 nitrogen and oxygen atoms in total. The first-order valence-corrected chi connectivity index (χ1v) is 8.56. The van der Waals surface area contributed by atoms with Gasteiger partial charge in [-0.05, 0) is 61.6 Å². The zero-order chi connectivity index (χ0) is 19.0. The molecule has 0 heterocycles. The molecule has 0 fully saturated rings. The zero-order valence-corrected chi connectivity index (χ0v) is 14.6. The average Bonchev–Trinajstić information content (AvgIpc) is 2.59. The van der Waals surface area contributed by atoms with Crippen molar-refractivity contribution in [3.05, 3.63) is 94.9 Å². The lowest BCUT2D eigenvalue weighted by Gasteiger charge is -2.16. The first-order valence-electron chi connectivity index (χ1n) is 8.56. The summed E-state index contributed by atoms with van der Waals surface area (Å²) in [5.41, 5.74) is 7.01. The summed E-state index contributed by atoms with van der Waals surface area (Å²) in [5.74, 6) is 0. The molecule has 3 rings (SSSR count). The van der Waals surface area contributed by atoms with E-state index in [1.165, 1.54) is 47.1 Å². The minimum atomic E-state index is -6.00. The van der Waals surface area contributed by atoms with Crippen molar-refractivity contribution in [2.24, 2.45) is 0 Å². The molecular weight excluding hydrogens is 339 g/mol. The van der Waals surface area contributed by atoms with Crippen molar-refractivity contribution in [1.29, 1.82) is 0 Å². The number of halogens is 4. The Morgan fingerprint density at radius 3 is 1.96 bits per heavy atom. The summed E-state index contributed by atoms with van der Waals surface area (Å²) >= 11 is 0. The Morgan fingerprint density at radius 1 is 0.846 bits per heavy atom. The fourth-order valence-corrected chi connectivity index (χ4v) is 2.91. The summed E-state index contributed by atoms with van der Waals surface area (Å²) < 4.78 is 39.0. The second kappa shape index (κ2) is 9.32. The van der Waals surface area contributed by atoms with Crippen molar-refractivity contribution < 1.29 is 17.3 Å². The second-order valence-corrected chi connectivity index (χ2v) is 6.13. The SMILES string of the molecule is CC1=C([CH+]c2ccccc2)CCC/C1=C\c1ccccc1.F[B-](F)(F)F. The number of rotatable bonds is 3. The highest BCUT2D eigenvalue weighted by atomic mass is 19.5. The third kappa shape index (κ3) is 7.22. The van der Waals surface area contributed by atoms with Gasteiger partial charge in [0.15, 0.2) is 0 Å². The number of hydrogen-bond acceptors (Lipinski definition) is 0. The molecule has 1 aliphatic rings. The van der Waals surface area contributed by atoms with E-state index in [9.17, 15) is 17.3 Å². The molecule has 0 amide bonds. The van der Waals surface area contributed by atoms with Crippen LogP contribution in [0, 0.1) is 6.42 Å². The van der Waals surface area contributed by atoms with E-state index in [0.717, 1.165) is 0 Å². The Bertz CT molecular complexity index is 741. The topological polar surface area (TPSA) is 0 Å². The van der Waals surface area contributed by atoms with Crippen molar-refractivity contribution in [2.75, 3.05) is 0 Å². The van der Waals surface area contributed by atoms with Gasteiger partial charge in [0.1, 0.15) is 0 Å². The van der Waals surface area contributed by atoms with Crippen LogP contribution in [-0.2, 0) is 0 Å². The monoisotopic (exact) mass is 360 g/mol.